The van der Waals surface area contributed by atoms with Gasteiger partial charge in [-0.3, -0.25) is 4.98 Å². The van der Waals surface area contributed by atoms with Gasteiger partial charge in [0.05, 0.1) is 5.56 Å². The third-order valence-corrected chi connectivity index (χ3v) is 2.80. The molecular weight excluding hydrogens is 254 g/mol. The van der Waals surface area contributed by atoms with E-state index >= 15 is 0 Å². The molecule has 0 saturated heterocycles. The molecule has 1 heterocycles. The Hall–Kier alpha value is -2.69. The fourth-order valence-electron chi connectivity index (χ4n) is 1.76. The zero-order valence-corrected chi connectivity index (χ0v) is 11.3. The van der Waals surface area contributed by atoms with Gasteiger partial charge in [0.2, 0.25) is 0 Å². The van der Waals surface area contributed by atoms with Crippen molar-refractivity contribution in [1.82, 2.24) is 4.98 Å². The van der Waals surface area contributed by atoms with E-state index in [0.717, 1.165) is 11.1 Å². The van der Waals surface area contributed by atoms with E-state index in [1.165, 1.54) is 0 Å². The van der Waals surface area contributed by atoms with Crippen LogP contribution in [0.3, 0.4) is 0 Å². The fraction of sp³-hybridized carbons (Fsp3) is 0.133. The van der Waals surface area contributed by atoms with Crippen molar-refractivity contribution in [3.8, 4) is 0 Å². The lowest BCUT2D eigenvalue weighted by atomic mass is 10.1. The van der Waals surface area contributed by atoms with Crippen LogP contribution in [0.5, 0.6) is 0 Å². The molecule has 5 heteroatoms. The topological polar surface area (TPSA) is 77.6 Å². The van der Waals surface area contributed by atoms with Crippen LogP contribution in [0.25, 0.3) is 0 Å². The van der Waals surface area contributed by atoms with Gasteiger partial charge in [-0.1, -0.05) is 22.9 Å². The average Bonchev–Trinajstić information content (AvgIpc) is 2.45. The van der Waals surface area contributed by atoms with Crippen LogP contribution in [0.2, 0.25) is 0 Å². The standard InChI is InChI=1S/C15H15N3O2/c1-10-3-4-13(11(2)9-10)15(19)20-18-14(16)12-5-7-17-8-6-12/h3-9H,1-2H3,(H2,16,18). The van der Waals surface area contributed by atoms with E-state index in [2.05, 4.69) is 10.1 Å². The lowest BCUT2D eigenvalue weighted by Gasteiger charge is -2.04. The molecule has 1 aromatic carbocycles. The summed E-state index contributed by atoms with van der Waals surface area (Å²) in [5, 5.41) is 3.65. The maximum absolute atomic E-state index is 11.9. The predicted molar refractivity (Wildman–Crippen MR) is 76.3 cm³/mol. The Labute approximate surface area is 117 Å². The Balaban J connectivity index is 2.12. The number of aromatic nitrogens is 1. The number of carbonyl (C=O) groups excluding carboxylic acids is 1. The van der Waals surface area contributed by atoms with Crippen molar-refractivity contribution in [3.05, 3.63) is 65.0 Å². The molecule has 20 heavy (non-hydrogen) atoms. The number of nitrogens with zero attached hydrogens (tertiary/aromatic N) is 2. The summed E-state index contributed by atoms with van der Waals surface area (Å²) in [6.07, 6.45) is 3.17. The summed E-state index contributed by atoms with van der Waals surface area (Å²) < 4.78 is 0. The number of rotatable bonds is 3. The lowest BCUT2D eigenvalue weighted by Crippen LogP contribution is -2.15. The van der Waals surface area contributed by atoms with Gasteiger partial charge in [-0.05, 0) is 37.6 Å². The molecule has 0 fully saturated rings. The van der Waals surface area contributed by atoms with Crippen LogP contribution in [0.15, 0.2) is 47.9 Å². The van der Waals surface area contributed by atoms with Gasteiger partial charge in [-0.25, -0.2) is 4.79 Å². The van der Waals surface area contributed by atoms with Gasteiger partial charge in [0.25, 0.3) is 0 Å². The largest absolute Gasteiger partial charge is 0.380 e. The Kier molecular flexibility index (Phi) is 4.10. The molecule has 0 atom stereocenters. The molecule has 0 aliphatic rings. The number of hydrogen-bond donors (Lipinski definition) is 1. The molecule has 2 aromatic rings. The third-order valence-electron chi connectivity index (χ3n) is 2.80. The fourth-order valence-corrected chi connectivity index (χ4v) is 1.76. The van der Waals surface area contributed by atoms with Gasteiger partial charge in [0, 0.05) is 18.0 Å². The number of aryl methyl sites for hydroxylation is 2. The summed E-state index contributed by atoms with van der Waals surface area (Å²) >= 11 is 0. The van der Waals surface area contributed by atoms with E-state index in [4.69, 9.17) is 10.6 Å². The van der Waals surface area contributed by atoms with Gasteiger partial charge < -0.3 is 10.6 Å². The summed E-state index contributed by atoms with van der Waals surface area (Å²) in [6.45, 7) is 3.81. The molecule has 2 N–H and O–H groups in total. The maximum atomic E-state index is 11.9. The zero-order chi connectivity index (χ0) is 14.5. The summed E-state index contributed by atoms with van der Waals surface area (Å²) in [6, 6.07) is 8.84. The van der Waals surface area contributed by atoms with Crippen molar-refractivity contribution in [2.75, 3.05) is 0 Å². The molecule has 0 amide bonds. The third kappa shape index (κ3) is 3.20. The first-order valence-corrected chi connectivity index (χ1v) is 6.10. The van der Waals surface area contributed by atoms with Crippen molar-refractivity contribution in [2.24, 2.45) is 10.9 Å². The highest BCUT2D eigenvalue weighted by atomic mass is 16.7. The van der Waals surface area contributed by atoms with Gasteiger partial charge in [-0.15, -0.1) is 0 Å². The quantitative estimate of drug-likeness (QED) is 0.401. The molecule has 1 aromatic heterocycles. The second kappa shape index (κ2) is 5.97. The van der Waals surface area contributed by atoms with Crippen molar-refractivity contribution < 1.29 is 9.63 Å². The summed E-state index contributed by atoms with van der Waals surface area (Å²) in [7, 11) is 0. The molecule has 0 bridgehead atoms. The van der Waals surface area contributed by atoms with Crippen molar-refractivity contribution in [3.63, 3.8) is 0 Å². The number of benzene rings is 1. The van der Waals surface area contributed by atoms with Gasteiger partial charge >= 0.3 is 5.97 Å². The van der Waals surface area contributed by atoms with Gasteiger partial charge in [0.15, 0.2) is 5.84 Å². The number of hydrogen-bond acceptors (Lipinski definition) is 4. The second-order valence-electron chi connectivity index (χ2n) is 4.41. The first-order valence-electron chi connectivity index (χ1n) is 6.10. The molecule has 0 spiro atoms. The highest BCUT2D eigenvalue weighted by molar-refractivity contribution is 5.98. The SMILES string of the molecule is Cc1ccc(C(=O)O/N=C(/N)c2ccncc2)c(C)c1. The first kappa shape index (κ1) is 13.7. The monoisotopic (exact) mass is 269 g/mol. The van der Waals surface area contributed by atoms with Gasteiger partial charge in [-0.2, -0.15) is 0 Å². The van der Waals surface area contributed by atoms with E-state index in [1.807, 2.05) is 26.0 Å². The number of amidine groups is 1. The van der Waals surface area contributed by atoms with E-state index in [1.54, 1.807) is 30.6 Å². The molecule has 5 nitrogen and oxygen atoms in total. The van der Waals surface area contributed by atoms with Crippen LogP contribution in [0.4, 0.5) is 0 Å². The smallest absolute Gasteiger partial charge is 0.366 e. The number of oxime groups is 1. The van der Waals surface area contributed by atoms with Crippen molar-refractivity contribution in [1.29, 1.82) is 0 Å². The Morgan fingerprint density at radius 3 is 2.55 bits per heavy atom. The summed E-state index contributed by atoms with van der Waals surface area (Å²) in [5.41, 5.74) is 8.77. The number of carbonyl (C=O) groups is 1. The summed E-state index contributed by atoms with van der Waals surface area (Å²) in [5.74, 6) is -0.398. The van der Waals surface area contributed by atoms with Gasteiger partial charge in [0.1, 0.15) is 0 Å². The van der Waals surface area contributed by atoms with Crippen LogP contribution in [-0.4, -0.2) is 16.8 Å². The zero-order valence-electron chi connectivity index (χ0n) is 11.3. The Bertz CT molecular complexity index is 651. The molecule has 0 aliphatic heterocycles. The minimum atomic E-state index is -0.528. The first-order chi connectivity index (χ1) is 9.58. The predicted octanol–water partition coefficient (Wildman–Crippen LogP) is 2.18. The minimum Gasteiger partial charge on any atom is -0.380 e. The summed E-state index contributed by atoms with van der Waals surface area (Å²) in [4.78, 5) is 20.7. The highest BCUT2D eigenvalue weighted by Gasteiger charge is 2.11. The van der Waals surface area contributed by atoms with E-state index in [-0.39, 0.29) is 5.84 Å². The molecule has 2 rings (SSSR count). The van der Waals surface area contributed by atoms with E-state index in [9.17, 15) is 4.79 Å². The van der Waals surface area contributed by atoms with Crippen LogP contribution in [0.1, 0.15) is 27.0 Å². The Morgan fingerprint density at radius 1 is 1.20 bits per heavy atom. The highest BCUT2D eigenvalue weighted by Crippen LogP contribution is 2.12. The van der Waals surface area contributed by atoms with Crippen LogP contribution >= 0.6 is 0 Å². The Morgan fingerprint density at radius 2 is 1.90 bits per heavy atom. The molecule has 0 aliphatic carbocycles. The van der Waals surface area contributed by atoms with E-state index in [0.29, 0.717) is 11.1 Å². The molecule has 102 valence electrons. The average molecular weight is 269 g/mol. The number of nitrogens with two attached hydrogens (primary N) is 1. The van der Waals surface area contributed by atoms with Crippen molar-refractivity contribution in [2.45, 2.75) is 13.8 Å². The lowest BCUT2D eigenvalue weighted by molar-refractivity contribution is 0.0515. The van der Waals surface area contributed by atoms with E-state index < -0.39 is 5.97 Å². The molecule has 0 unspecified atom stereocenters. The van der Waals surface area contributed by atoms with Crippen molar-refractivity contribution >= 4 is 11.8 Å². The molecule has 0 radical (unpaired) electrons. The molecule has 0 saturated carbocycles. The maximum Gasteiger partial charge on any atom is 0.366 e. The van der Waals surface area contributed by atoms with Crippen LogP contribution in [-0.2, 0) is 4.84 Å². The second-order valence-corrected chi connectivity index (χ2v) is 4.41. The molecular formula is C15H15N3O2. The number of pyridine rings is 1. The normalized spacial score (nSPS) is 11.2. The van der Waals surface area contributed by atoms with Crippen LogP contribution in [0, 0.1) is 13.8 Å². The minimum absolute atomic E-state index is 0.130. The van der Waals surface area contributed by atoms with Crippen LogP contribution < -0.4 is 5.73 Å².